The summed E-state index contributed by atoms with van der Waals surface area (Å²) >= 11 is 12.3. The maximum atomic E-state index is 13.4. The molecule has 2 heterocycles. The van der Waals surface area contributed by atoms with E-state index in [2.05, 4.69) is 0 Å². The van der Waals surface area contributed by atoms with Gasteiger partial charge in [-0.15, -0.1) is 0 Å². The molecule has 2 atom stereocenters. The molecule has 4 rings (SSSR count). The Morgan fingerprint density at radius 1 is 1.06 bits per heavy atom. The molecular weight excluding hydrogens is 453 g/mol. The predicted octanol–water partition coefficient (Wildman–Crippen LogP) is 5.14. The second-order valence-corrected chi connectivity index (χ2v) is 8.11. The number of likely N-dealkylation sites (tertiary alicyclic amines) is 1. The standard InChI is InChI=1S/C24H19Cl2NO5/c1-2-31-16-8-5-14(6-9-16)22(28)20-21(15-7-10-18(25)19(26)12-15)27(24(30)23(20)29)13-17-4-3-11-32-17/h3-12,20-21H,2,13H2,1H3. The van der Waals surface area contributed by atoms with E-state index in [1.807, 2.05) is 6.92 Å². The van der Waals surface area contributed by atoms with Gasteiger partial charge in [-0.25, -0.2) is 0 Å². The maximum Gasteiger partial charge on any atom is 0.291 e. The monoisotopic (exact) mass is 471 g/mol. The summed E-state index contributed by atoms with van der Waals surface area (Å²) in [6.45, 7) is 2.39. The number of Topliss-reactive ketones (excluding diaryl/α,β-unsaturated/α-hetero) is 2. The number of nitrogens with zero attached hydrogens (tertiary/aromatic N) is 1. The van der Waals surface area contributed by atoms with Crippen molar-refractivity contribution in [1.29, 1.82) is 0 Å². The Kier molecular flexibility index (Phi) is 6.35. The van der Waals surface area contributed by atoms with E-state index < -0.39 is 29.4 Å². The largest absolute Gasteiger partial charge is 0.494 e. The van der Waals surface area contributed by atoms with Crippen LogP contribution in [0, 0.1) is 5.92 Å². The molecule has 2 aromatic carbocycles. The molecule has 0 saturated carbocycles. The molecule has 8 heteroatoms. The normalized spacial score (nSPS) is 18.3. The molecule has 0 radical (unpaired) electrons. The van der Waals surface area contributed by atoms with E-state index >= 15 is 0 Å². The molecule has 0 aliphatic carbocycles. The van der Waals surface area contributed by atoms with Gasteiger partial charge in [0.05, 0.1) is 35.5 Å². The van der Waals surface area contributed by atoms with Crippen molar-refractivity contribution in [3.63, 3.8) is 0 Å². The highest BCUT2D eigenvalue weighted by molar-refractivity contribution is 6.44. The zero-order chi connectivity index (χ0) is 22.8. The molecule has 1 aliphatic heterocycles. The average Bonchev–Trinajstić information content (AvgIpc) is 3.38. The summed E-state index contributed by atoms with van der Waals surface area (Å²) in [4.78, 5) is 40.8. The molecule has 3 aromatic rings. The number of halogens is 2. The van der Waals surface area contributed by atoms with Gasteiger partial charge in [-0.3, -0.25) is 14.4 Å². The van der Waals surface area contributed by atoms with Gasteiger partial charge in [-0.2, -0.15) is 0 Å². The number of carbonyl (C=O) groups is 3. The summed E-state index contributed by atoms with van der Waals surface area (Å²) in [5, 5.41) is 0.597. The molecule has 0 spiro atoms. The van der Waals surface area contributed by atoms with Crippen molar-refractivity contribution in [3.8, 4) is 5.75 Å². The van der Waals surface area contributed by atoms with Crippen LogP contribution >= 0.6 is 23.2 Å². The minimum atomic E-state index is -1.23. The SMILES string of the molecule is CCOc1ccc(C(=O)C2C(=O)C(=O)N(Cc3ccco3)C2c2ccc(Cl)c(Cl)c2)cc1. The van der Waals surface area contributed by atoms with E-state index in [9.17, 15) is 14.4 Å². The Morgan fingerprint density at radius 3 is 2.44 bits per heavy atom. The lowest BCUT2D eigenvalue weighted by atomic mass is 9.86. The van der Waals surface area contributed by atoms with Crippen molar-refractivity contribution in [2.75, 3.05) is 6.61 Å². The molecule has 32 heavy (non-hydrogen) atoms. The van der Waals surface area contributed by atoms with Crippen molar-refractivity contribution in [3.05, 3.63) is 87.8 Å². The lowest BCUT2D eigenvalue weighted by Gasteiger charge is -2.26. The first kappa shape index (κ1) is 22.1. The first-order valence-corrected chi connectivity index (χ1v) is 10.8. The number of carbonyl (C=O) groups excluding carboxylic acids is 3. The fourth-order valence-corrected chi connectivity index (χ4v) is 4.16. The Balaban J connectivity index is 1.75. The van der Waals surface area contributed by atoms with Gasteiger partial charge in [0, 0.05) is 5.56 Å². The third kappa shape index (κ3) is 4.16. The molecule has 2 unspecified atom stereocenters. The Bertz CT molecular complexity index is 1160. The number of benzene rings is 2. The molecule has 1 aliphatic rings. The van der Waals surface area contributed by atoms with Crippen molar-refractivity contribution in [2.45, 2.75) is 19.5 Å². The minimum Gasteiger partial charge on any atom is -0.494 e. The van der Waals surface area contributed by atoms with Crippen LogP contribution in [0.1, 0.15) is 34.6 Å². The smallest absolute Gasteiger partial charge is 0.291 e. The van der Waals surface area contributed by atoms with Gasteiger partial charge in [0.1, 0.15) is 17.4 Å². The number of ether oxygens (including phenoxy) is 1. The number of hydrogen-bond acceptors (Lipinski definition) is 5. The quantitative estimate of drug-likeness (QED) is 0.271. The molecule has 6 nitrogen and oxygen atoms in total. The second kappa shape index (κ2) is 9.18. The number of rotatable bonds is 7. The molecule has 1 saturated heterocycles. The van der Waals surface area contributed by atoms with Crippen LogP contribution in [0.5, 0.6) is 5.75 Å². The zero-order valence-electron chi connectivity index (χ0n) is 17.1. The topological polar surface area (TPSA) is 76.8 Å². The number of hydrogen-bond donors (Lipinski definition) is 0. The van der Waals surface area contributed by atoms with E-state index in [4.69, 9.17) is 32.4 Å². The van der Waals surface area contributed by atoms with Crippen molar-refractivity contribution in [2.24, 2.45) is 5.92 Å². The molecule has 1 amide bonds. The van der Waals surface area contributed by atoms with Gasteiger partial charge in [0.15, 0.2) is 5.78 Å². The van der Waals surface area contributed by atoms with E-state index in [0.29, 0.717) is 34.3 Å². The maximum absolute atomic E-state index is 13.4. The lowest BCUT2D eigenvalue weighted by molar-refractivity contribution is -0.141. The van der Waals surface area contributed by atoms with Crippen LogP contribution in [0.25, 0.3) is 0 Å². The molecule has 0 N–H and O–H groups in total. The minimum absolute atomic E-state index is 0.0372. The van der Waals surface area contributed by atoms with Crippen molar-refractivity contribution in [1.82, 2.24) is 4.90 Å². The summed E-state index contributed by atoms with van der Waals surface area (Å²) in [6, 6.07) is 13.9. The Hall–Kier alpha value is -3.09. The van der Waals surface area contributed by atoms with Gasteiger partial charge in [0.25, 0.3) is 5.91 Å². The van der Waals surface area contributed by atoms with E-state index in [0.717, 1.165) is 0 Å². The highest BCUT2D eigenvalue weighted by Gasteiger charge is 2.51. The summed E-state index contributed by atoms with van der Waals surface area (Å²) in [7, 11) is 0. The molecule has 1 fully saturated rings. The van der Waals surface area contributed by atoms with E-state index in [1.54, 1.807) is 54.6 Å². The van der Waals surface area contributed by atoms with Gasteiger partial charge in [-0.1, -0.05) is 29.3 Å². The van der Waals surface area contributed by atoms with Gasteiger partial charge < -0.3 is 14.1 Å². The Labute approximate surface area is 194 Å². The third-order valence-electron chi connectivity index (χ3n) is 5.33. The van der Waals surface area contributed by atoms with Gasteiger partial charge in [0.2, 0.25) is 5.78 Å². The van der Waals surface area contributed by atoms with E-state index in [1.165, 1.54) is 11.2 Å². The fourth-order valence-electron chi connectivity index (χ4n) is 3.86. The number of amides is 1. The van der Waals surface area contributed by atoms with Crippen LogP contribution < -0.4 is 4.74 Å². The van der Waals surface area contributed by atoms with Crippen molar-refractivity contribution >= 4 is 40.7 Å². The molecular formula is C24H19Cl2NO5. The first-order valence-electron chi connectivity index (χ1n) is 10.00. The average molecular weight is 472 g/mol. The summed E-state index contributed by atoms with van der Waals surface area (Å²) in [5.41, 5.74) is 0.846. The number of ketones is 2. The third-order valence-corrected chi connectivity index (χ3v) is 6.07. The fraction of sp³-hybridized carbons (Fsp3) is 0.208. The molecule has 0 bridgehead atoms. The highest BCUT2D eigenvalue weighted by atomic mass is 35.5. The molecule has 1 aromatic heterocycles. The molecule has 164 valence electrons. The summed E-state index contributed by atoms with van der Waals surface area (Å²) in [6.07, 6.45) is 1.48. The van der Waals surface area contributed by atoms with Gasteiger partial charge in [-0.05, 0) is 61.0 Å². The highest BCUT2D eigenvalue weighted by Crippen LogP contribution is 2.41. The van der Waals surface area contributed by atoms with Crippen LogP contribution in [-0.4, -0.2) is 29.0 Å². The van der Waals surface area contributed by atoms with Crippen LogP contribution in [0.15, 0.2) is 65.3 Å². The van der Waals surface area contributed by atoms with Crippen LogP contribution in [0.4, 0.5) is 0 Å². The summed E-state index contributed by atoms with van der Waals surface area (Å²) < 4.78 is 10.8. The first-order chi connectivity index (χ1) is 15.4. The number of furan rings is 1. The lowest BCUT2D eigenvalue weighted by Crippen LogP contribution is -2.30. The van der Waals surface area contributed by atoms with Crippen LogP contribution in [0.2, 0.25) is 10.0 Å². The van der Waals surface area contributed by atoms with Crippen LogP contribution in [0.3, 0.4) is 0 Å². The van der Waals surface area contributed by atoms with Crippen LogP contribution in [-0.2, 0) is 16.1 Å². The van der Waals surface area contributed by atoms with Gasteiger partial charge >= 0.3 is 0 Å². The Morgan fingerprint density at radius 2 is 1.81 bits per heavy atom. The second-order valence-electron chi connectivity index (χ2n) is 7.29. The van der Waals surface area contributed by atoms with E-state index in [-0.39, 0.29) is 11.6 Å². The predicted molar refractivity (Wildman–Crippen MR) is 119 cm³/mol. The zero-order valence-corrected chi connectivity index (χ0v) is 18.6. The summed E-state index contributed by atoms with van der Waals surface area (Å²) in [5.74, 6) is -2.10. The van der Waals surface area contributed by atoms with Crippen molar-refractivity contribution < 1.29 is 23.5 Å².